The van der Waals surface area contributed by atoms with Gasteiger partial charge in [-0.05, 0) is 18.0 Å². The fourth-order valence-corrected chi connectivity index (χ4v) is 2.83. The number of aryl methyl sites for hydroxylation is 1. The Balaban J connectivity index is 1.99. The Morgan fingerprint density at radius 2 is 1.95 bits per heavy atom. The maximum Gasteiger partial charge on any atom is 0.0534 e. The summed E-state index contributed by atoms with van der Waals surface area (Å²) in [5, 5.41) is 4.21. The summed E-state index contributed by atoms with van der Waals surface area (Å²) in [7, 11) is 4.07. The molecule has 21 heavy (non-hydrogen) atoms. The lowest BCUT2D eigenvalue weighted by molar-refractivity contribution is 0.172. The second-order valence-electron chi connectivity index (χ2n) is 6.57. The molecule has 2 aromatic rings. The summed E-state index contributed by atoms with van der Waals surface area (Å²) in [5.74, 6) is 0. The quantitative estimate of drug-likeness (QED) is 0.888. The first-order chi connectivity index (χ1) is 9.88. The molecule has 1 aromatic carbocycles. The molecule has 0 aliphatic carbocycles. The van der Waals surface area contributed by atoms with Crippen LogP contribution in [-0.4, -0.2) is 28.3 Å². The van der Waals surface area contributed by atoms with Crippen LogP contribution in [0.15, 0.2) is 42.7 Å². The van der Waals surface area contributed by atoms with Crippen LogP contribution >= 0.6 is 0 Å². The van der Waals surface area contributed by atoms with Crippen molar-refractivity contribution in [2.75, 3.05) is 13.6 Å². The van der Waals surface area contributed by atoms with E-state index in [9.17, 15) is 0 Å². The van der Waals surface area contributed by atoms with Crippen molar-refractivity contribution in [3.05, 3.63) is 53.9 Å². The van der Waals surface area contributed by atoms with Crippen molar-refractivity contribution in [1.82, 2.24) is 14.7 Å². The molecule has 0 aliphatic heterocycles. The molecule has 0 aliphatic rings. The van der Waals surface area contributed by atoms with Crippen LogP contribution in [0.25, 0.3) is 0 Å². The largest absolute Gasteiger partial charge is 0.323 e. The van der Waals surface area contributed by atoms with Crippen LogP contribution < -0.4 is 5.73 Å². The minimum absolute atomic E-state index is 0.00167. The summed E-state index contributed by atoms with van der Waals surface area (Å²) in [6.07, 6.45) is 3.97. The fraction of sp³-hybridized carbons (Fsp3) is 0.471. The molecule has 4 nitrogen and oxygen atoms in total. The number of hydrogen-bond donors (Lipinski definition) is 1. The van der Waals surface area contributed by atoms with Gasteiger partial charge in [-0.3, -0.25) is 4.68 Å². The monoisotopic (exact) mass is 286 g/mol. The van der Waals surface area contributed by atoms with Gasteiger partial charge in [0, 0.05) is 37.9 Å². The minimum Gasteiger partial charge on any atom is -0.323 e. The van der Waals surface area contributed by atoms with Crippen molar-refractivity contribution < 1.29 is 0 Å². The average molecular weight is 286 g/mol. The molecule has 0 saturated carbocycles. The summed E-state index contributed by atoms with van der Waals surface area (Å²) in [6.45, 7) is 6.27. The molecule has 1 heterocycles. The molecular weight excluding hydrogens is 260 g/mol. The van der Waals surface area contributed by atoms with E-state index in [4.69, 9.17) is 5.73 Å². The molecule has 1 aromatic heterocycles. The molecular formula is C17H26N4. The third-order valence-corrected chi connectivity index (χ3v) is 3.89. The van der Waals surface area contributed by atoms with E-state index in [1.54, 1.807) is 0 Å². The lowest BCUT2D eigenvalue weighted by Crippen LogP contribution is -2.39. The van der Waals surface area contributed by atoms with E-state index in [1.807, 2.05) is 36.1 Å². The lowest BCUT2D eigenvalue weighted by Gasteiger charge is -2.35. The van der Waals surface area contributed by atoms with Crippen LogP contribution in [0, 0.1) is 5.41 Å². The van der Waals surface area contributed by atoms with Gasteiger partial charge in [-0.25, -0.2) is 0 Å². The summed E-state index contributed by atoms with van der Waals surface area (Å²) >= 11 is 0. The highest BCUT2D eigenvalue weighted by Gasteiger charge is 2.29. The summed E-state index contributed by atoms with van der Waals surface area (Å²) in [4.78, 5) is 2.31. The van der Waals surface area contributed by atoms with Crippen LogP contribution in [0.5, 0.6) is 0 Å². The molecule has 1 atom stereocenters. The number of hydrogen-bond acceptors (Lipinski definition) is 3. The Bertz CT molecular complexity index is 559. The van der Waals surface area contributed by atoms with E-state index in [0.29, 0.717) is 0 Å². The molecule has 0 fully saturated rings. The van der Waals surface area contributed by atoms with Gasteiger partial charge in [0.2, 0.25) is 0 Å². The maximum atomic E-state index is 6.48. The Labute approximate surface area is 127 Å². The topological polar surface area (TPSA) is 47.1 Å². The number of rotatable bonds is 6. The summed E-state index contributed by atoms with van der Waals surface area (Å²) in [6, 6.07) is 10.4. The minimum atomic E-state index is -0.00167. The van der Waals surface area contributed by atoms with Crippen molar-refractivity contribution in [2.45, 2.75) is 26.4 Å². The summed E-state index contributed by atoms with van der Waals surface area (Å²) < 4.78 is 1.84. The first kappa shape index (κ1) is 15.7. The molecule has 0 saturated heterocycles. The predicted octanol–water partition coefficient (Wildman–Crippen LogP) is 2.58. The van der Waals surface area contributed by atoms with Crippen molar-refractivity contribution in [3.63, 3.8) is 0 Å². The molecule has 0 amide bonds. The van der Waals surface area contributed by atoms with E-state index >= 15 is 0 Å². The highest BCUT2D eigenvalue weighted by molar-refractivity contribution is 5.20. The van der Waals surface area contributed by atoms with Crippen LogP contribution in [0.1, 0.15) is 31.0 Å². The van der Waals surface area contributed by atoms with Crippen molar-refractivity contribution in [1.29, 1.82) is 0 Å². The number of aromatic nitrogens is 2. The fourth-order valence-electron chi connectivity index (χ4n) is 2.83. The second-order valence-corrected chi connectivity index (χ2v) is 6.57. The third-order valence-electron chi connectivity index (χ3n) is 3.89. The van der Waals surface area contributed by atoms with Crippen molar-refractivity contribution in [2.24, 2.45) is 18.2 Å². The van der Waals surface area contributed by atoms with Crippen LogP contribution in [-0.2, 0) is 13.6 Å². The van der Waals surface area contributed by atoms with Gasteiger partial charge >= 0.3 is 0 Å². The predicted molar refractivity (Wildman–Crippen MR) is 86.7 cm³/mol. The Kier molecular flexibility index (Phi) is 4.80. The SMILES string of the molecule is CN(Cc1cnn(C)c1)CC(C)(C)C(N)c1ccccc1. The average Bonchev–Trinajstić information content (AvgIpc) is 2.83. The standard InChI is InChI=1S/C17H26N4/c1-17(2,16(18)15-8-6-5-7-9-15)13-20(3)11-14-10-19-21(4)12-14/h5-10,12,16H,11,13,18H2,1-4H3. The van der Waals surface area contributed by atoms with Crippen molar-refractivity contribution >= 4 is 0 Å². The highest BCUT2D eigenvalue weighted by Crippen LogP contribution is 2.32. The van der Waals surface area contributed by atoms with Gasteiger partial charge in [-0.15, -0.1) is 0 Å². The third kappa shape index (κ3) is 4.16. The van der Waals surface area contributed by atoms with Crippen LogP contribution in [0.3, 0.4) is 0 Å². The van der Waals surface area contributed by atoms with E-state index in [0.717, 1.165) is 13.1 Å². The maximum absolute atomic E-state index is 6.48. The number of benzene rings is 1. The van der Waals surface area contributed by atoms with E-state index in [2.05, 4.69) is 49.2 Å². The van der Waals surface area contributed by atoms with E-state index in [1.165, 1.54) is 11.1 Å². The van der Waals surface area contributed by atoms with Crippen molar-refractivity contribution in [3.8, 4) is 0 Å². The van der Waals surface area contributed by atoms with Gasteiger partial charge in [0.15, 0.2) is 0 Å². The van der Waals surface area contributed by atoms with Gasteiger partial charge in [-0.2, -0.15) is 5.10 Å². The zero-order valence-corrected chi connectivity index (χ0v) is 13.5. The smallest absolute Gasteiger partial charge is 0.0534 e. The van der Waals surface area contributed by atoms with Gasteiger partial charge in [0.1, 0.15) is 0 Å². The lowest BCUT2D eigenvalue weighted by atomic mass is 9.80. The zero-order valence-electron chi connectivity index (χ0n) is 13.5. The van der Waals surface area contributed by atoms with Gasteiger partial charge in [0.25, 0.3) is 0 Å². The molecule has 0 spiro atoms. The summed E-state index contributed by atoms with van der Waals surface area (Å²) in [5.41, 5.74) is 8.89. The Morgan fingerprint density at radius 3 is 2.52 bits per heavy atom. The molecule has 0 bridgehead atoms. The molecule has 114 valence electrons. The number of nitrogens with zero attached hydrogens (tertiary/aromatic N) is 3. The van der Waals surface area contributed by atoms with E-state index in [-0.39, 0.29) is 11.5 Å². The Morgan fingerprint density at radius 1 is 1.29 bits per heavy atom. The van der Waals surface area contributed by atoms with Gasteiger partial charge in [-0.1, -0.05) is 44.2 Å². The van der Waals surface area contributed by atoms with Gasteiger partial charge < -0.3 is 10.6 Å². The zero-order chi connectivity index (χ0) is 15.5. The molecule has 2 rings (SSSR count). The van der Waals surface area contributed by atoms with Crippen LogP contribution in [0.4, 0.5) is 0 Å². The first-order valence-electron chi connectivity index (χ1n) is 7.35. The molecule has 4 heteroatoms. The Hall–Kier alpha value is -1.65. The number of nitrogens with two attached hydrogens (primary N) is 1. The van der Waals surface area contributed by atoms with Gasteiger partial charge in [0.05, 0.1) is 6.20 Å². The highest BCUT2D eigenvalue weighted by atomic mass is 15.2. The molecule has 0 radical (unpaired) electrons. The van der Waals surface area contributed by atoms with Crippen LogP contribution in [0.2, 0.25) is 0 Å². The normalized spacial score (nSPS) is 13.6. The van der Waals surface area contributed by atoms with E-state index < -0.39 is 0 Å². The second kappa shape index (κ2) is 6.41. The molecule has 2 N–H and O–H groups in total. The first-order valence-corrected chi connectivity index (χ1v) is 7.35. The molecule has 1 unspecified atom stereocenters.